The summed E-state index contributed by atoms with van der Waals surface area (Å²) in [6.45, 7) is 3.54. The first-order chi connectivity index (χ1) is 3.91. The Morgan fingerprint density at radius 1 is 1.75 bits per heavy atom. The summed E-state index contributed by atoms with van der Waals surface area (Å²) >= 11 is 0. The van der Waals surface area contributed by atoms with Crippen LogP contribution in [0.3, 0.4) is 0 Å². The molecule has 41 valence electrons. The first kappa shape index (κ1) is 8.31. The number of hydrogen-bond acceptors (Lipinski definition) is 2. The highest BCUT2D eigenvalue weighted by molar-refractivity contribution is 6.41. The van der Waals surface area contributed by atoms with Crippen molar-refractivity contribution in [2.24, 2.45) is 0 Å². The van der Waals surface area contributed by atoms with Gasteiger partial charge in [-0.2, -0.15) is 0 Å². The number of hydrogen-bond donors (Lipinski definition) is 0. The van der Waals surface area contributed by atoms with Crippen molar-refractivity contribution in [3.8, 4) is 0 Å². The third-order valence-corrected chi connectivity index (χ3v) is 2.08. The lowest BCUT2D eigenvalue weighted by Gasteiger charge is -1.92. The summed E-state index contributed by atoms with van der Waals surface area (Å²) in [6, 6.07) is 0.905. The van der Waals surface area contributed by atoms with Crippen LogP contribution in [0, 0.1) is 0 Å². The zero-order valence-corrected chi connectivity index (χ0v) is 7.31. The van der Waals surface area contributed by atoms with Crippen LogP contribution in [0.2, 0.25) is 6.04 Å². The second-order valence-electron chi connectivity index (χ2n) is 0.925. The van der Waals surface area contributed by atoms with Gasteiger partial charge in [0.25, 0.3) is 0 Å². The molecule has 0 amide bonds. The van der Waals surface area contributed by atoms with Crippen LogP contribution in [-0.2, 0) is 8.23 Å². The molecule has 8 heavy (non-hydrogen) atoms. The Labute approximate surface area is 57.8 Å². The minimum atomic E-state index is 0.103. The van der Waals surface area contributed by atoms with Crippen LogP contribution in [0.4, 0.5) is 0 Å². The first-order valence-corrected chi connectivity index (χ1v) is 4.33. The van der Waals surface area contributed by atoms with Gasteiger partial charge in [0.2, 0.25) is 20.2 Å². The van der Waals surface area contributed by atoms with E-state index in [4.69, 9.17) is 4.12 Å². The highest BCUT2D eigenvalue weighted by Crippen LogP contribution is 1.77. The zero-order chi connectivity index (χ0) is 6.24. The molecule has 0 atom stereocenters. The quantitative estimate of drug-likeness (QED) is 0.314. The Morgan fingerprint density at radius 3 is 3.00 bits per heavy atom. The molecule has 0 N–H and O–H groups in total. The second kappa shape index (κ2) is 7.31. The van der Waals surface area contributed by atoms with Crippen molar-refractivity contribution >= 4 is 30.3 Å². The van der Waals surface area contributed by atoms with Gasteiger partial charge < -0.3 is 8.23 Å². The van der Waals surface area contributed by atoms with Crippen molar-refractivity contribution in [3.05, 3.63) is 12.7 Å². The molecule has 0 aliphatic carbocycles. The van der Waals surface area contributed by atoms with Crippen LogP contribution in [0.1, 0.15) is 0 Å². The number of rotatable bonds is 5. The molecule has 0 rings (SSSR count). The van der Waals surface area contributed by atoms with E-state index < -0.39 is 0 Å². The lowest BCUT2D eigenvalue weighted by atomic mass is 10.8. The van der Waals surface area contributed by atoms with E-state index in [1.54, 1.807) is 0 Å². The van der Waals surface area contributed by atoms with E-state index in [2.05, 4.69) is 21.2 Å². The van der Waals surface area contributed by atoms with Gasteiger partial charge in [0.05, 0.1) is 0 Å². The minimum Gasteiger partial charge on any atom is -0.435 e. The average molecular weight is 157 g/mol. The summed E-state index contributed by atoms with van der Waals surface area (Å²) in [5.74, 6) is 0. The minimum absolute atomic E-state index is 0.103. The monoisotopic (exact) mass is 157 g/mol. The Bertz CT molecular complexity index is 58.5. The molecule has 0 fully saturated rings. The van der Waals surface area contributed by atoms with E-state index >= 15 is 0 Å². The Hall–Kier alpha value is 0.311. The SMILES string of the molecule is C=CC[Si]O[Si]O[Si]. The van der Waals surface area contributed by atoms with Crippen molar-refractivity contribution in [1.82, 2.24) is 0 Å². The molecule has 0 aromatic rings. The third kappa shape index (κ3) is 6.31. The molecule has 2 nitrogen and oxygen atoms in total. The van der Waals surface area contributed by atoms with Crippen molar-refractivity contribution in [3.63, 3.8) is 0 Å². The van der Waals surface area contributed by atoms with Gasteiger partial charge in [0, 0.05) is 0 Å². The summed E-state index contributed by atoms with van der Waals surface area (Å²) in [5.41, 5.74) is 0. The van der Waals surface area contributed by atoms with Gasteiger partial charge in [-0.1, -0.05) is 6.08 Å². The molecule has 7 radical (unpaired) electrons. The first-order valence-electron chi connectivity index (χ1n) is 1.99. The Morgan fingerprint density at radius 2 is 2.50 bits per heavy atom. The van der Waals surface area contributed by atoms with E-state index in [1.165, 1.54) is 0 Å². The standard InChI is InChI=1S/C3H5O2Si3/c1-2-3-7-5-8-4-6/h2H,1,3H2. The van der Waals surface area contributed by atoms with Crippen molar-refractivity contribution in [1.29, 1.82) is 0 Å². The molecule has 0 saturated carbocycles. The molecular formula is C3H5O2Si3. The van der Waals surface area contributed by atoms with E-state index in [1.807, 2.05) is 6.08 Å². The molecule has 0 aromatic carbocycles. The van der Waals surface area contributed by atoms with Gasteiger partial charge in [-0.25, -0.2) is 0 Å². The average Bonchev–Trinajstić information content (AvgIpc) is 1.81. The maximum Gasteiger partial charge on any atom is 0.409 e. The van der Waals surface area contributed by atoms with Gasteiger partial charge in [0.1, 0.15) is 0 Å². The number of allylic oxidation sites excluding steroid dienone is 1. The van der Waals surface area contributed by atoms with Crippen molar-refractivity contribution in [2.75, 3.05) is 0 Å². The largest absolute Gasteiger partial charge is 0.435 e. The molecule has 5 heteroatoms. The van der Waals surface area contributed by atoms with Crippen LogP contribution in [0.5, 0.6) is 0 Å². The maximum atomic E-state index is 4.94. The molecule has 0 heterocycles. The maximum absolute atomic E-state index is 4.94. The van der Waals surface area contributed by atoms with E-state index in [0.29, 0.717) is 9.76 Å². The summed E-state index contributed by atoms with van der Waals surface area (Å²) in [7, 11) is 3.39. The van der Waals surface area contributed by atoms with Crippen LogP contribution in [0.25, 0.3) is 0 Å². The van der Waals surface area contributed by atoms with E-state index in [9.17, 15) is 0 Å². The van der Waals surface area contributed by atoms with Crippen LogP contribution in [-0.4, -0.2) is 30.3 Å². The Balaban J connectivity index is 2.62. The molecule has 0 aliphatic heterocycles. The lowest BCUT2D eigenvalue weighted by molar-refractivity contribution is 0.503. The van der Waals surface area contributed by atoms with Gasteiger partial charge in [-0.05, 0) is 6.04 Å². The summed E-state index contributed by atoms with van der Waals surface area (Å²) in [5, 5.41) is 0. The Kier molecular flexibility index (Phi) is 7.59. The molecular weight excluding hydrogens is 152 g/mol. The molecule has 0 saturated heterocycles. The summed E-state index contributed by atoms with van der Waals surface area (Å²) in [4.78, 5) is 0. The zero-order valence-electron chi connectivity index (χ0n) is 4.31. The van der Waals surface area contributed by atoms with Crippen molar-refractivity contribution < 1.29 is 8.23 Å². The van der Waals surface area contributed by atoms with Crippen molar-refractivity contribution in [2.45, 2.75) is 6.04 Å². The highest BCUT2D eigenvalue weighted by atomic mass is 28.3. The van der Waals surface area contributed by atoms with E-state index in [-0.39, 0.29) is 10.0 Å². The fraction of sp³-hybridized carbons (Fsp3) is 0.333. The fourth-order valence-electron chi connectivity index (χ4n) is 0.151. The van der Waals surface area contributed by atoms with Crippen LogP contribution >= 0.6 is 0 Å². The topological polar surface area (TPSA) is 18.5 Å². The van der Waals surface area contributed by atoms with Gasteiger partial charge in [-0.3, -0.25) is 0 Å². The smallest absolute Gasteiger partial charge is 0.409 e. The molecule has 0 unspecified atom stereocenters. The second-order valence-corrected chi connectivity index (χ2v) is 3.42. The summed E-state index contributed by atoms with van der Waals surface area (Å²) in [6.07, 6.45) is 1.82. The van der Waals surface area contributed by atoms with Crippen LogP contribution in [0.15, 0.2) is 12.7 Å². The van der Waals surface area contributed by atoms with E-state index in [0.717, 1.165) is 6.04 Å². The third-order valence-electron chi connectivity index (χ3n) is 0.383. The summed E-state index contributed by atoms with van der Waals surface area (Å²) < 4.78 is 9.41. The predicted octanol–water partition coefficient (Wildman–Crippen LogP) is -0.139. The van der Waals surface area contributed by atoms with Gasteiger partial charge in [0.15, 0.2) is 0 Å². The molecule has 0 spiro atoms. The van der Waals surface area contributed by atoms with Gasteiger partial charge >= 0.3 is 10.0 Å². The predicted molar refractivity (Wildman–Crippen MR) is 34.4 cm³/mol. The fourth-order valence-corrected chi connectivity index (χ4v) is 1.38. The van der Waals surface area contributed by atoms with Gasteiger partial charge in [-0.15, -0.1) is 6.58 Å². The molecule has 0 aromatic heterocycles. The molecule has 0 aliphatic rings. The molecule has 0 bridgehead atoms. The van der Waals surface area contributed by atoms with Crippen LogP contribution < -0.4 is 0 Å². The normalized spacial score (nSPS) is 9.12. The highest BCUT2D eigenvalue weighted by Gasteiger charge is 1.87. The lowest BCUT2D eigenvalue weighted by Crippen LogP contribution is -2.05.